The highest BCUT2D eigenvalue weighted by atomic mass is 19.4. The summed E-state index contributed by atoms with van der Waals surface area (Å²) < 4.78 is 44.5. The Morgan fingerprint density at radius 3 is 1.49 bits per heavy atom. The molecule has 0 radical (unpaired) electrons. The third kappa shape index (κ3) is 6.09. The molecule has 0 bridgehead atoms. The van der Waals surface area contributed by atoms with Gasteiger partial charge in [-0.15, -0.1) is 0 Å². The van der Waals surface area contributed by atoms with Crippen molar-refractivity contribution >= 4 is 17.6 Å². The van der Waals surface area contributed by atoms with Gasteiger partial charge in [-0.25, -0.2) is 0 Å². The Bertz CT molecular complexity index is 1470. The molecule has 1 aliphatic heterocycles. The molecule has 0 spiro atoms. The average Bonchev–Trinajstić information content (AvgIpc) is 2.93. The molecule has 0 saturated carbocycles. The van der Waals surface area contributed by atoms with E-state index in [1.165, 1.54) is 12.1 Å². The first-order chi connectivity index (χ1) is 17.9. The van der Waals surface area contributed by atoms with E-state index in [0.717, 1.165) is 51.5 Å². The van der Waals surface area contributed by atoms with Gasteiger partial charge in [0.1, 0.15) is 11.5 Å². The Hall–Kier alpha value is -4.75. The van der Waals surface area contributed by atoms with Crippen LogP contribution in [0.4, 0.5) is 13.2 Å². The van der Waals surface area contributed by atoms with Crippen molar-refractivity contribution in [2.45, 2.75) is 6.18 Å². The fourth-order valence-corrected chi connectivity index (χ4v) is 3.84. The summed E-state index contributed by atoms with van der Waals surface area (Å²) in [6, 6.07) is 32.5. The predicted molar refractivity (Wildman–Crippen MR) is 142 cm³/mol. The molecular formula is C33H21F3O. The molecule has 1 nitrogen and oxygen atoms in total. The molecular weight excluding hydrogens is 469 g/mol. The number of halogens is 3. The molecule has 0 aromatic heterocycles. The van der Waals surface area contributed by atoms with Crippen molar-refractivity contribution in [3.63, 3.8) is 0 Å². The normalized spacial score (nSPS) is 13.0. The second-order valence-electron chi connectivity index (χ2n) is 8.44. The highest BCUT2D eigenvalue weighted by molar-refractivity contribution is 5.80. The summed E-state index contributed by atoms with van der Waals surface area (Å²) in [4.78, 5) is 0. The molecule has 1 heterocycles. The van der Waals surface area contributed by atoms with E-state index in [4.69, 9.17) is 4.74 Å². The number of allylic oxidation sites excluding steroid dienone is 3. The smallest absolute Gasteiger partial charge is 0.416 e. The van der Waals surface area contributed by atoms with E-state index >= 15 is 0 Å². The van der Waals surface area contributed by atoms with Gasteiger partial charge in [-0.1, -0.05) is 84.6 Å². The minimum atomic E-state index is -4.35. The van der Waals surface area contributed by atoms with E-state index in [1.807, 2.05) is 97.1 Å². The van der Waals surface area contributed by atoms with Gasteiger partial charge in [-0.05, 0) is 65.8 Å². The number of alkyl halides is 3. The van der Waals surface area contributed by atoms with E-state index in [-0.39, 0.29) is 0 Å². The first kappa shape index (κ1) is 24.0. The van der Waals surface area contributed by atoms with Crippen LogP contribution in [-0.4, -0.2) is 0 Å². The van der Waals surface area contributed by atoms with Gasteiger partial charge in [0, 0.05) is 22.3 Å². The van der Waals surface area contributed by atoms with Crippen LogP contribution in [0.15, 0.2) is 127 Å². The molecule has 0 saturated heterocycles. The number of benzene rings is 4. The topological polar surface area (TPSA) is 9.23 Å². The average molecular weight is 491 g/mol. The molecule has 4 aromatic carbocycles. The molecule has 4 heteroatoms. The van der Waals surface area contributed by atoms with Gasteiger partial charge in [0.2, 0.25) is 0 Å². The molecule has 4 aromatic rings. The molecule has 0 N–H and O–H groups in total. The maximum Gasteiger partial charge on any atom is 0.416 e. The quantitative estimate of drug-likeness (QED) is 0.261. The minimum Gasteiger partial charge on any atom is -0.456 e. The maximum absolute atomic E-state index is 12.7. The Morgan fingerprint density at radius 2 is 1.03 bits per heavy atom. The number of hydrogen-bond donors (Lipinski definition) is 0. The molecule has 0 fully saturated rings. The van der Waals surface area contributed by atoms with Crippen LogP contribution < -0.4 is 0 Å². The highest BCUT2D eigenvalue weighted by Crippen LogP contribution is 2.33. The van der Waals surface area contributed by atoms with Crippen molar-refractivity contribution in [2.75, 3.05) is 0 Å². The fraction of sp³-hybridized carbons (Fsp3) is 0.0303. The lowest BCUT2D eigenvalue weighted by Gasteiger charge is -2.19. The van der Waals surface area contributed by atoms with Crippen LogP contribution in [0, 0.1) is 11.8 Å². The summed E-state index contributed by atoms with van der Waals surface area (Å²) in [7, 11) is 0. The van der Waals surface area contributed by atoms with Crippen molar-refractivity contribution in [1.82, 2.24) is 0 Å². The van der Waals surface area contributed by atoms with Crippen LogP contribution in [0.1, 0.15) is 33.4 Å². The van der Waals surface area contributed by atoms with E-state index < -0.39 is 11.7 Å². The zero-order chi connectivity index (χ0) is 25.7. The number of ether oxygens (including phenoxy) is 1. The molecule has 5 rings (SSSR count). The number of hydrogen-bond acceptors (Lipinski definition) is 1. The number of rotatable bonds is 3. The Morgan fingerprint density at radius 1 is 0.568 bits per heavy atom. The highest BCUT2D eigenvalue weighted by Gasteiger charge is 2.29. The first-order valence-electron chi connectivity index (χ1n) is 11.7. The summed E-state index contributed by atoms with van der Waals surface area (Å²) in [5.74, 6) is 7.47. The molecule has 180 valence electrons. The van der Waals surface area contributed by atoms with E-state index in [2.05, 4.69) is 17.9 Å². The SMILES string of the molecule is FC(F)(F)c1ccc(C#Cc2ccc(C=C3C=C(c4ccccc4)OC(c4ccccc4)=C3)cc2)cc1. The van der Waals surface area contributed by atoms with E-state index in [9.17, 15) is 13.2 Å². The van der Waals surface area contributed by atoms with Crippen molar-refractivity contribution in [1.29, 1.82) is 0 Å². The van der Waals surface area contributed by atoms with Crippen LogP contribution >= 0.6 is 0 Å². The monoisotopic (exact) mass is 490 g/mol. The van der Waals surface area contributed by atoms with Gasteiger partial charge in [-0.2, -0.15) is 13.2 Å². The zero-order valence-electron chi connectivity index (χ0n) is 19.7. The lowest BCUT2D eigenvalue weighted by atomic mass is 10.0. The third-order valence-electron chi connectivity index (χ3n) is 5.74. The molecule has 0 amide bonds. The summed E-state index contributed by atoms with van der Waals surface area (Å²) in [5.41, 5.74) is 4.58. The molecule has 0 unspecified atom stereocenters. The summed E-state index contributed by atoms with van der Waals surface area (Å²) in [6.07, 6.45) is 1.75. The second kappa shape index (κ2) is 10.5. The molecule has 0 atom stereocenters. The summed E-state index contributed by atoms with van der Waals surface area (Å²) in [5, 5.41) is 0. The van der Waals surface area contributed by atoms with Crippen LogP contribution in [0.25, 0.3) is 17.6 Å². The molecule has 0 aliphatic carbocycles. The Balaban J connectivity index is 1.40. The first-order valence-corrected chi connectivity index (χ1v) is 11.7. The predicted octanol–water partition coefficient (Wildman–Crippen LogP) is 8.60. The van der Waals surface area contributed by atoms with Crippen molar-refractivity contribution < 1.29 is 17.9 Å². The van der Waals surface area contributed by atoms with Crippen LogP contribution in [0.3, 0.4) is 0 Å². The summed E-state index contributed by atoms with van der Waals surface area (Å²) >= 11 is 0. The zero-order valence-corrected chi connectivity index (χ0v) is 19.7. The fourth-order valence-electron chi connectivity index (χ4n) is 3.84. The lowest BCUT2D eigenvalue weighted by molar-refractivity contribution is -0.137. The molecule has 1 aliphatic rings. The summed E-state index contributed by atoms with van der Waals surface area (Å²) in [6.45, 7) is 0. The van der Waals surface area contributed by atoms with Gasteiger partial charge in [0.25, 0.3) is 0 Å². The van der Waals surface area contributed by atoms with Gasteiger partial charge in [0.15, 0.2) is 0 Å². The van der Waals surface area contributed by atoms with Crippen molar-refractivity contribution in [3.8, 4) is 11.8 Å². The van der Waals surface area contributed by atoms with Crippen LogP contribution in [0.5, 0.6) is 0 Å². The third-order valence-corrected chi connectivity index (χ3v) is 5.74. The van der Waals surface area contributed by atoms with Gasteiger partial charge < -0.3 is 4.74 Å². The standard InChI is InChI=1S/C33H21F3O/c34-33(35,36)30-19-17-25(18-20-30)12-11-24-13-15-26(16-14-24)21-27-22-31(28-7-3-1-4-8-28)37-32(23-27)29-9-5-2-6-10-29/h1-10,13-23H. The Labute approximate surface area is 213 Å². The largest absolute Gasteiger partial charge is 0.456 e. The van der Waals surface area contributed by atoms with Crippen molar-refractivity contribution in [2.24, 2.45) is 0 Å². The minimum absolute atomic E-state index is 0.526. The van der Waals surface area contributed by atoms with Crippen LogP contribution in [0.2, 0.25) is 0 Å². The van der Waals surface area contributed by atoms with Crippen LogP contribution in [-0.2, 0) is 10.9 Å². The van der Waals surface area contributed by atoms with Gasteiger partial charge in [0.05, 0.1) is 5.56 Å². The lowest BCUT2D eigenvalue weighted by Crippen LogP contribution is -2.04. The molecule has 37 heavy (non-hydrogen) atoms. The van der Waals surface area contributed by atoms with E-state index in [1.54, 1.807) is 0 Å². The Kier molecular flexibility index (Phi) is 6.78. The van der Waals surface area contributed by atoms with E-state index in [0.29, 0.717) is 5.56 Å². The van der Waals surface area contributed by atoms with Gasteiger partial charge >= 0.3 is 6.18 Å². The second-order valence-corrected chi connectivity index (χ2v) is 8.44. The van der Waals surface area contributed by atoms with Gasteiger partial charge in [-0.3, -0.25) is 0 Å². The maximum atomic E-state index is 12.7. The van der Waals surface area contributed by atoms with Crippen molar-refractivity contribution in [3.05, 3.63) is 160 Å².